The molecule has 1 unspecified atom stereocenters. The zero-order valence-electron chi connectivity index (χ0n) is 10.4. The minimum atomic E-state index is 0.399. The number of hydrogen-bond acceptors (Lipinski definition) is 2. The third-order valence-electron chi connectivity index (χ3n) is 3.22. The SMILES string of the molecule is CCOC1CCCN(Cc2ccccc2Cl)C1. The van der Waals surface area contributed by atoms with Gasteiger partial charge in [0, 0.05) is 24.7 Å². The number of ether oxygens (including phenoxy) is 1. The van der Waals surface area contributed by atoms with Crippen LogP contribution in [0.25, 0.3) is 0 Å². The zero-order chi connectivity index (χ0) is 12.1. The average Bonchev–Trinajstić information content (AvgIpc) is 2.33. The van der Waals surface area contributed by atoms with Crippen LogP contribution in [0.15, 0.2) is 24.3 Å². The highest BCUT2D eigenvalue weighted by molar-refractivity contribution is 6.31. The molecule has 2 nitrogen and oxygen atoms in total. The van der Waals surface area contributed by atoms with Gasteiger partial charge in [0.05, 0.1) is 6.10 Å². The van der Waals surface area contributed by atoms with E-state index in [9.17, 15) is 0 Å². The molecule has 1 atom stereocenters. The van der Waals surface area contributed by atoms with Gasteiger partial charge in [-0.3, -0.25) is 4.90 Å². The van der Waals surface area contributed by atoms with Crippen molar-refractivity contribution in [2.45, 2.75) is 32.4 Å². The monoisotopic (exact) mass is 253 g/mol. The number of benzene rings is 1. The second-order valence-corrected chi connectivity index (χ2v) is 4.95. The summed E-state index contributed by atoms with van der Waals surface area (Å²) >= 11 is 6.18. The summed E-state index contributed by atoms with van der Waals surface area (Å²) in [5, 5.41) is 0.867. The largest absolute Gasteiger partial charge is 0.377 e. The number of hydrogen-bond donors (Lipinski definition) is 0. The lowest BCUT2D eigenvalue weighted by Gasteiger charge is -2.32. The molecular weight excluding hydrogens is 234 g/mol. The predicted octanol–water partition coefficient (Wildman–Crippen LogP) is 3.34. The molecule has 0 bridgehead atoms. The fourth-order valence-corrected chi connectivity index (χ4v) is 2.59. The van der Waals surface area contributed by atoms with Crippen molar-refractivity contribution < 1.29 is 4.74 Å². The lowest BCUT2D eigenvalue weighted by atomic mass is 10.1. The third-order valence-corrected chi connectivity index (χ3v) is 3.59. The van der Waals surface area contributed by atoms with E-state index in [-0.39, 0.29) is 0 Å². The summed E-state index contributed by atoms with van der Waals surface area (Å²) in [5.74, 6) is 0. The second-order valence-electron chi connectivity index (χ2n) is 4.55. The summed E-state index contributed by atoms with van der Waals surface area (Å²) in [6.07, 6.45) is 2.80. The zero-order valence-corrected chi connectivity index (χ0v) is 11.1. The van der Waals surface area contributed by atoms with Crippen LogP contribution < -0.4 is 0 Å². The summed E-state index contributed by atoms with van der Waals surface area (Å²) in [5.41, 5.74) is 1.21. The average molecular weight is 254 g/mol. The van der Waals surface area contributed by atoms with Crippen LogP contribution in [0.1, 0.15) is 25.3 Å². The van der Waals surface area contributed by atoms with Crippen LogP contribution in [0.5, 0.6) is 0 Å². The molecule has 1 aliphatic rings. The Morgan fingerprint density at radius 3 is 3.00 bits per heavy atom. The number of nitrogens with zero attached hydrogens (tertiary/aromatic N) is 1. The highest BCUT2D eigenvalue weighted by Crippen LogP contribution is 2.20. The lowest BCUT2D eigenvalue weighted by molar-refractivity contribution is 0.00364. The van der Waals surface area contributed by atoms with Crippen LogP contribution in [0, 0.1) is 0 Å². The predicted molar refractivity (Wildman–Crippen MR) is 71.4 cm³/mol. The van der Waals surface area contributed by atoms with Crippen molar-refractivity contribution in [1.29, 1.82) is 0 Å². The Hall–Kier alpha value is -0.570. The summed E-state index contributed by atoms with van der Waals surface area (Å²) in [6.45, 7) is 5.98. The van der Waals surface area contributed by atoms with Gasteiger partial charge in [0.1, 0.15) is 0 Å². The molecule has 1 aromatic carbocycles. The molecule has 1 saturated heterocycles. The van der Waals surface area contributed by atoms with Crippen LogP contribution in [-0.4, -0.2) is 30.7 Å². The minimum absolute atomic E-state index is 0.399. The van der Waals surface area contributed by atoms with Crippen LogP contribution in [0.4, 0.5) is 0 Å². The molecule has 1 fully saturated rings. The van der Waals surface area contributed by atoms with Gasteiger partial charge in [-0.1, -0.05) is 29.8 Å². The molecule has 0 aromatic heterocycles. The van der Waals surface area contributed by atoms with Crippen LogP contribution in [0.3, 0.4) is 0 Å². The smallest absolute Gasteiger partial charge is 0.0702 e. The van der Waals surface area contributed by atoms with E-state index >= 15 is 0 Å². The molecule has 0 aliphatic carbocycles. The Kier molecular flexibility index (Phi) is 4.84. The molecule has 94 valence electrons. The Morgan fingerprint density at radius 2 is 2.24 bits per heavy atom. The first-order chi connectivity index (χ1) is 8.29. The topological polar surface area (TPSA) is 12.5 Å². The molecule has 3 heteroatoms. The van der Waals surface area contributed by atoms with Crippen molar-refractivity contribution in [2.75, 3.05) is 19.7 Å². The van der Waals surface area contributed by atoms with Crippen molar-refractivity contribution in [3.63, 3.8) is 0 Å². The van der Waals surface area contributed by atoms with Crippen LogP contribution >= 0.6 is 11.6 Å². The summed E-state index contributed by atoms with van der Waals surface area (Å²) < 4.78 is 5.71. The molecule has 17 heavy (non-hydrogen) atoms. The van der Waals surface area contributed by atoms with E-state index in [0.29, 0.717) is 6.10 Å². The Balaban J connectivity index is 1.92. The van der Waals surface area contributed by atoms with E-state index in [1.807, 2.05) is 18.2 Å². The molecule has 0 saturated carbocycles. The first kappa shape index (κ1) is 12.9. The molecular formula is C14H20ClNO. The van der Waals surface area contributed by atoms with E-state index in [1.165, 1.54) is 18.4 Å². The maximum Gasteiger partial charge on any atom is 0.0702 e. The summed E-state index contributed by atoms with van der Waals surface area (Å²) in [7, 11) is 0. The van der Waals surface area contributed by atoms with Crippen molar-refractivity contribution in [3.8, 4) is 0 Å². The molecule has 0 N–H and O–H groups in total. The number of piperidine rings is 1. The van der Waals surface area contributed by atoms with Gasteiger partial charge in [-0.15, -0.1) is 0 Å². The number of halogens is 1. The van der Waals surface area contributed by atoms with Crippen molar-refractivity contribution in [1.82, 2.24) is 4.90 Å². The Bertz CT molecular complexity index is 354. The fourth-order valence-electron chi connectivity index (χ4n) is 2.40. The Labute approximate surface area is 109 Å². The Morgan fingerprint density at radius 1 is 1.41 bits per heavy atom. The molecule has 0 radical (unpaired) electrons. The first-order valence-electron chi connectivity index (χ1n) is 6.37. The highest BCUT2D eigenvalue weighted by Gasteiger charge is 2.20. The van der Waals surface area contributed by atoms with Crippen molar-refractivity contribution in [3.05, 3.63) is 34.9 Å². The lowest BCUT2D eigenvalue weighted by Crippen LogP contribution is -2.39. The summed E-state index contributed by atoms with van der Waals surface area (Å²) in [4.78, 5) is 2.44. The van der Waals surface area contributed by atoms with Gasteiger partial charge in [0.15, 0.2) is 0 Å². The van der Waals surface area contributed by atoms with Gasteiger partial charge in [-0.2, -0.15) is 0 Å². The maximum absolute atomic E-state index is 6.18. The molecule has 1 heterocycles. The van der Waals surface area contributed by atoms with Crippen molar-refractivity contribution in [2.24, 2.45) is 0 Å². The maximum atomic E-state index is 6.18. The van der Waals surface area contributed by atoms with E-state index in [1.54, 1.807) is 0 Å². The van der Waals surface area contributed by atoms with Gasteiger partial charge in [-0.25, -0.2) is 0 Å². The second kappa shape index (κ2) is 6.39. The highest BCUT2D eigenvalue weighted by atomic mass is 35.5. The van der Waals surface area contributed by atoms with E-state index in [4.69, 9.17) is 16.3 Å². The van der Waals surface area contributed by atoms with E-state index in [0.717, 1.165) is 31.3 Å². The van der Waals surface area contributed by atoms with E-state index in [2.05, 4.69) is 17.9 Å². The molecule has 0 spiro atoms. The van der Waals surface area contributed by atoms with Gasteiger partial charge in [-0.05, 0) is 37.9 Å². The van der Waals surface area contributed by atoms with Crippen molar-refractivity contribution >= 4 is 11.6 Å². The van der Waals surface area contributed by atoms with Gasteiger partial charge < -0.3 is 4.74 Å². The molecule has 1 aromatic rings. The number of rotatable bonds is 4. The third kappa shape index (κ3) is 3.70. The first-order valence-corrected chi connectivity index (χ1v) is 6.74. The fraction of sp³-hybridized carbons (Fsp3) is 0.571. The normalized spacial score (nSPS) is 21.6. The van der Waals surface area contributed by atoms with Gasteiger partial charge in [0.2, 0.25) is 0 Å². The molecule has 0 amide bonds. The van der Waals surface area contributed by atoms with Crippen LogP contribution in [0.2, 0.25) is 5.02 Å². The summed E-state index contributed by atoms with van der Waals surface area (Å²) in [6, 6.07) is 8.09. The molecule has 2 rings (SSSR count). The van der Waals surface area contributed by atoms with Crippen LogP contribution in [-0.2, 0) is 11.3 Å². The van der Waals surface area contributed by atoms with Gasteiger partial charge >= 0.3 is 0 Å². The number of likely N-dealkylation sites (tertiary alicyclic amines) is 1. The van der Waals surface area contributed by atoms with Gasteiger partial charge in [0.25, 0.3) is 0 Å². The van der Waals surface area contributed by atoms with E-state index < -0.39 is 0 Å². The molecule has 1 aliphatic heterocycles. The minimum Gasteiger partial charge on any atom is -0.377 e. The quantitative estimate of drug-likeness (QED) is 0.816. The standard InChI is InChI=1S/C14H20ClNO/c1-2-17-13-7-5-9-16(11-13)10-12-6-3-4-8-14(12)15/h3-4,6,8,13H,2,5,7,9-11H2,1H3.